The Morgan fingerprint density at radius 3 is 2.57 bits per heavy atom. The van der Waals surface area contributed by atoms with Crippen LogP contribution in [0, 0.1) is 0 Å². The van der Waals surface area contributed by atoms with Crippen LogP contribution in [0.3, 0.4) is 0 Å². The van der Waals surface area contributed by atoms with Crippen LogP contribution in [0.2, 0.25) is 0 Å². The summed E-state index contributed by atoms with van der Waals surface area (Å²) < 4.78 is 1.98. The molecule has 0 radical (unpaired) electrons. The molecule has 3 aromatic rings. The topological polar surface area (TPSA) is 46.8 Å². The average molecular weight is 325 g/mol. The van der Waals surface area contributed by atoms with E-state index in [1.54, 1.807) is 6.20 Å². The van der Waals surface area contributed by atoms with Crippen LogP contribution in [0.4, 0.5) is 0 Å². The quantitative estimate of drug-likeness (QED) is 0.533. The SMILES string of the molecule is CSc1nccc(-c2cc(CN(C)C)n(-c3ccccc3)n2)n1. The Balaban J connectivity index is 2.07. The Hall–Kier alpha value is -2.18. The Bertz CT molecular complexity index is 783. The minimum Gasteiger partial charge on any atom is -0.304 e. The normalized spacial score (nSPS) is 11.1. The lowest BCUT2D eigenvalue weighted by Crippen LogP contribution is -2.14. The molecule has 0 atom stereocenters. The summed E-state index contributed by atoms with van der Waals surface area (Å²) in [6.07, 6.45) is 3.75. The zero-order valence-corrected chi connectivity index (χ0v) is 14.3. The molecule has 2 heterocycles. The highest BCUT2D eigenvalue weighted by Gasteiger charge is 2.13. The number of benzene rings is 1. The van der Waals surface area contributed by atoms with Gasteiger partial charge in [0.1, 0.15) is 5.69 Å². The molecule has 5 nitrogen and oxygen atoms in total. The molecule has 0 aliphatic heterocycles. The van der Waals surface area contributed by atoms with Crippen LogP contribution < -0.4 is 0 Å². The maximum Gasteiger partial charge on any atom is 0.187 e. The number of para-hydroxylation sites is 1. The molecule has 0 spiro atoms. The highest BCUT2D eigenvalue weighted by molar-refractivity contribution is 7.98. The number of rotatable bonds is 5. The summed E-state index contributed by atoms with van der Waals surface area (Å²) in [4.78, 5) is 10.9. The van der Waals surface area contributed by atoms with E-state index in [1.165, 1.54) is 11.8 Å². The molecule has 0 N–H and O–H groups in total. The molecular weight excluding hydrogens is 306 g/mol. The summed E-state index contributed by atoms with van der Waals surface area (Å²) in [5.74, 6) is 0. The third-order valence-corrected chi connectivity index (χ3v) is 3.90. The van der Waals surface area contributed by atoms with E-state index in [-0.39, 0.29) is 0 Å². The first-order chi connectivity index (χ1) is 11.2. The van der Waals surface area contributed by atoms with E-state index < -0.39 is 0 Å². The lowest BCUT2D eigenvalue weighted by Gasteiger charge is -2.11. The minimum atomic E-state index is 0.755. The third-order valence-electron chi connectivity index (χ3n) is 3.34. The second kappa shape index (κ2) is 6.93. The van der Waals surface area contributed by atoms with E-state index >= 15 is 0 Å². The van der Waals surface area contributed by atoms with Gasteiger partial charge in [0.25, 0.3) is 0 Å². The van der Waals surface area contributed by atoms with E-state index in [0.717, 1.165) is 34.5 Å². The first-order valence-electron chi connectivity index (χ1n) is 7.34. The Labute approximate surface area is 140 Å². The molecule has 0 fully saturated rings. The van der Waals surface area contributed by atoms with Gasteiger partial charge < -0.3 is 4.90 Å². The lowest BCUT2D eigenvalue weighted by atomic mass is 10.2. The molecule has 2 aromatic heterocycles. The Morgan fingerprint density at radius 1 is 1.09 bits per heavy atom. The van der Waals surface area contributed by atoms with Crippen molar-refractivity contribution in [1.29, 1.82) is 0 Å². The Kier molecular flexibility index (Phi) is 4.73. The van der Waals surface area contributed by atoms with Crippen molar-refractivity contribution in [2.24, 2.45) is 0 Å². The second-order valence-corrected chi connectivity index (χ2v) is 6.21. The minimum absolute atomic E-state index is 0.755. The van der Waals surface area contributed by atoms with Crippen molar-refractivity contribution in [3.8, 4) is 17.1 Å². The van der Waals surface area contributed by atoms with E-state index in [0.29, 0.717) is 0 Å². The fourth-order valence-electron chi connectivity index (χ4n) is 2.36. The molecule has 1 aromatic carbocycles. The molecule has 0 aliphatic rings. The van der Waals surface area contributed by atoms with Crippen LogP contribution in [0.15, 0.2) is 53.8 Å². The molecule has 118 valence electrons. The van der Waals surface area contributed by atoms with Crippen LogP contribution in [-0.2, 0) is 6.54 Å². The van der Waals surface area contributed by atoms with E-state index in [4.69, 9.17) is 5.10 Å². The first kappa shape index (κ1) is 15.7. The molecule has 3 rings (SSSR count). The largest absolute Gasteiger partial charge is 0.304 e. The molecule has 0 saturated heterocycles. The smallest absolute Gasteiger partial charge is 0.187 e. The molecule has 0 aliphatic carbocycles. The van der Waals surface area contributed by atoms with Gasteiger partial charge in [0, 0.05) is 12.7 Å². The lowest BCUT2D eigenvalue weighted by molar-refractivity contribution is 0.391. The second-order valence-electron chi connectivity index (χ2n) is 5.43. The van der Waals surface area contributed by atoms with Gasteiger partial charge in [0.05, 0.1) is 17.1 Å². The van der Waals surface area contributed by atoms with Crippen molar-refractivity contribution in [2.75, 3.05) is 20.4 Å². The van der Waals surface area contributed by atoms with Crippen LogP contribution >= 0.6 is 11.8 Å². The zero-order valence-electron chi connectivity index (χ0n) is 13.5. The first-order valence-corrected chi connectivity index (χ1v) is 8.56. The molecule has 23 heavy (non-hydrogen) atoms. The monoisotopic (exact) mass is 325 g/mol. The summed E-state index contributed by atoms with van der Waals surface area (Å²) in [7, 11) is 4.11. The highest BCUT2D eigenvalue weighted by Crippen LogP contribution is 2.22. The van der Waals surface area contributed by atoms with Gasteiger partial charge in [-0.3, -0.25) is 0 Å². The highest BCUT2D eigenvalue weighted by atomic mass is 32.2. The third kappa shape index (κ3) is 3.60. The average Bonchev–Trinajstić information content (AvgIpc) is 2.99. The van der Waals surface area contributed by atoms with Crippen molar-refractivity contribution in [1.82, 2.24) is 24.6 Å². The summed E-state index contributed by atoms with van der Waals surface area (Å²) in [5, 5.41) is 5.53. The van der Waals surface area contributed by atoms with Crippen molar-refractivity contribution >= 4 is 11.8 Å². The fourth-order valence-corrected chi connectivity index (χ4v) is 2.71. The number of nitrogens with zero attached hydrogens (tertiary/aromatic N) is 5. The van der Waals surface area contributed by atoms with Gasteiger partial charge in [-0.15, -0.1) is 0 Å². The van der Waals surface area contributed by atoms with Crippen molar-refractivity contribution in [3.05, 3.63) is 54.4 Å². The van der Waals surface area contributed by atoms with Gasteiger partial charge in [-0.1, -0.05) is 30.0 Å². The molecule has 6 heteroatoms. The van der Waals surface area contributed by atoms with Crippen molar-refractivity contribution in [2.45, 2.75) is 11.7 Å². The molecule has 0 bridgehead atoms. The Morgan fingerprint density at radius 2 is 1.87 bits per heavy atom. The summed E-state index contributed by atoms with van der Waals surface area (Å²) in [5.41, 5.74) is 3.89. The fraction of sp³-hybridized carbons (Fsp3) is 0.235. The maximum atomic E-state index is 4.77. The van der Waals surface area contributed by atoms with Gasteiger partial charge in [-0.2, -0.15) is 5.10 Å². The number of aromatic nitrogens is 4. The van der Waals surface area contributed by atoms with Gasteiger partial charge >= 0.3 is 0 Å². The maximum absolute atomic E-state index is 4.77. The predicted molar refractivity (Wildman–Crippen MR) is 93.8 cm³/mol. The molecule has 0 saturated carbocycles. The molecular formula is C17H19N5S. The number of hydrogen-bond donors (Lipinski definition) is 0. The van der Waals surface area contributed by atoms with Gasteiger partial charge in [-0.25, -0.2) is 14.6 Å². The van der Waals surface area contributed by atoms with Gasteiger partial charge in [-0.05, 0) is 44.6 Å². The summed E-state index contributed by atoms with van der Waals surface area (Å²) in [6, 6.07) is 14.2. The van der Waals surface area contributed by atoms with Crippen LogP contribution in [0.1, 0.15) is 5.69 Å². The summed E-state index contributed by atoms with van der Waals surface area (Å²) in [6.45, 7) is 0.808. The predicted octanol–water partition coefficient (Wildman–Crippen LogP) is 3.11. The van der Waals surface area contributed by atoms with Crippen LogP contribution in [0.5, 0.6) is 0 Å². The molecule has 0 unspecified atom stereocenters. The van der Waals surface area contributed by atoms with Crippen molar-refractivity contribution < 1.29 is 0 Å². The van der Waals surface area contributed by atoms with E-state index in [9.17, 15) is 0 Å². The zero-order chi connectivity index (χ0) is 16.2. The van der Waals surface area contributed by atoms with Crippen LogP contribution in [-0.4, -0.2) is 45.0 Å². The molecule has 0 amide bonds. The number of thioether (sulfide) groups is 1. The standard InChI is InChI=1S/C17H19N5S/c1-21(2)12-14-11-16(15-9-10-18-17(19-15)23-3)20-22(14)13-7-5-4-6-8-13/h4-11H,12H2,1-3H3. The van der Waals surface area contributed by atoms with E-state index in [1.807, 2.05) is 35.2 Å². The van der Waals surface area contributed by atoms with Crippen molar-refractivity contribution in [3.63, 3.8) is 0 Å². The van der Waals surface area contributed by atoms with E-state index in [2.05, 4.69) is 47.2 Å². The van der Waals surface area contributed by atoms with Crippen LogP contribution in [0.25, 0.3) is 17.1 Å². The number of hydrogen-bond acceptors (Lipinski definition) is 5. The van der Waals surface area contributed by atoms with Gasteiger partial charge in [0.2, 0.25) is 0 Å². The summed E-state index contributed by atoms with van der Waals surface area (Å²) >= 11 is 1.53. The van der Waals surface area contributed by atoms with Gasteiger partial charge in [0.15, 0.2) is 5.16 Å².